The fraction of sp³-hybridized carbons (Fsp3) is 0.583. The maximum Gasteiger partial charge on any atom is 0.213 e. The minimum atomic E-state index is -0.285. The second-order valence-corrected chi connectivity index (χ2v) is 4.30. The molecule has 2 heterocycles. The van der Waals surface area contributed by atoms with Crippen molar-refractivity contribution in [2.24, 2.45) is 5.92 Å². The molecule has 1 atom stereocenters. The van der Waals surface area contributed by atoms with Crippen LogP contribution in [0.4, 0.5) is 4.39 Å². The third kappa shape index (κ3) is 2.92. The van der Waals surface area contributed by atoms with E-state index in [1.807, 2.05) is 0 Å². The number of nitrogens with zero attached hydrogens (tertiary/aromatic N) is 1. The molecule has 2 rings (SSSR count). The van der Waals surface area contributed by atoms with Crippen LogP contribution in [0, 0.1) is 18.7 Å². The van der Waals surface area contributed by atoms with Crippen molar-refractivity contribution in [1.29, 1.82) is 0 Å². The number of pyridine rings is 1. The smallest absolute Gasteiger partial charge is 0.213 e. The van der Waals surface area contributed by atoms with Crippen molar-refractivity contribution >= 4 is 0 Å². The summed E-state index contributed by atoms with van der Waals surface area (Å²) >= 11 is 0. The summed E-state index contributed by atoms with van der Waals surface area (Å²) in [6.45, 7) is 4.47. The lowest BCUT2D eigenvalue weighted by molar-refractivity contribution is 0.211. The molecule has 0 aromatic carbocycles. The van der Waals surface area contributed by atoms with Crippen molar-refractivity contribution in [1.82, 2.24) is 10.3 Å². The number of aryl methyl sites for hydroxylation is 1. The normalized spacial score (nSPS) is 20.8. The highest BCUT2D eigenvalue weighted by Crippen LogP contribution is 2.15. The molecule has 0 aliphatic carbocycles. The quantitative estimate of drug-likeness (QED) is 0.851. The van der Waals surface area contributed by atoms with Gasteiger partial charge in [0.2, 0.25) is 5.88 Å². The first-order chi connectivity index (χ1) is 7.75. The Morgan fingerprint density at radius 1 is 1.62 bits per heavy atom. The van der Waals surface area contributed by atoms with E-state index in [4.69, 9.17) is 4.74 Å². The summed E-state index contributed by atoms with van der Waals surface area (Å²) in [5, 5.41) is 3.33. The van der Waals surface area contributed by atoms with Crippen molar-refractivity contribution in [3.05, 3.63) is 23.6 Å². The number of hydrogen-bond acceptors (Lipinski definition) is 3. The molecule has 0 amide bonds. The Hall–Kier alpha value is -1.16. The molecule has 0 spiro atoms. The fourth-order valence-corrected chi connectivity index (χ4v) is 1.86. The first kappa shape index (κ1) is 11.3. The van der Waals surface area contributed by atoms with Crippen LogP contribution in [0.1, 0.15) is 18.4 Å². The Labute approximate surface area is 95.0 Å². The van der Waals surface area contributed by atoms with Crippen molar-refractivity contribution in [3.63, 3.8) is 0 Å². The average molecular weight is 224 g/mol. The predicted molar refractivity (Wildman–Crippen MR) is 60.0 cm³/mol. The Balaban J connectivity index is 1.86. The summed E-state index contributed by atoms with van der Waals surface area (Å²) in [4.78, 5) is 3.91. The van der Waals surface area contributed by atoms with Crippen LogP contribution in [0.3, 0.4) is 0 Å². The number of hydrogen-bond donors (Lipinski definition) is 1. The van der Waals surface area contributed by atoms with Gasteiger partial charge in [-0.1, -0.05) is 0 Å². The molecule has 1 aromatic rings. The van der Waals surface area contributed by atoms with E-state index in [0.29, 0.717) is 24.0 Å². The Morgan fingerprint density at radius 3 is 3.19 bits per heavy atom. The number of nitrogens with one attached hydrogen (secondary N) is 1. The molecule has 0 bridgehead atoms. The molecule has 1 aromatic heterocycles. The summed E-state index contributed by atoms with van der Waals surface area (Å²) in [6, 6.07) is 1.64. The van der Waals surface area contributed by atoms with Crippen LogP contribution in [0.25, 0.3) is 0 Å². The number of ether oxygens (including phenoxy) is 1. The van der Waals surface area contributed by atoms with Crippen molar-refractivity contribution < 1.29 is 9.13 Å². The van der Waals surface area contributed by atoms with Crippen LogP contribution in [0.15, 0.2) is 12.3 Å². The molecular formula is C12H17FN2O. The molecule has 1 N–H and O–H groups in total. The van der Waals surface area contributed by atoms with Gasteiger partial charge >= 0.3 is 0 Å². The maximum atomic E-state index is 13.0. The molecule has 0 saturated carbocycles. The van der Waals surface area contributed by atoms with Crippen LogP contribution in [0.2, 0.25) is 0 Å². The first-order valence-corrected chi connectivity index (χ1v) is 5.71. The van der Waals surface area contributed by atoms with E-state index >= 15 is 0 Å². The van der Waals surface area contributed by atoms with Gasteiger partial charge in [0.1, 0.15) is 5.82 Å². The molecule has 1 unspecified atom stereocenters. The molecule has 3 nitrogen and oxygen atoms in total. The summed E-state index contributed by atoms with van der Waals surface area (Å²) in [5.74, 6) is 0.775. The average Bonchev–Trinajstić information content (AvgIpc) is 2.32. The highest BCUT2D eigenvalue weighted by Gasteiger charge is 2.13. The number of halogens is 1. The highest BCUT2D eigenvalue weighted by molar-refractivity contribution is 5.20. The molecular weight excluding hydrogens is 207 g/mol. The second-order valence-electron chi connectivity index (χ2n) is 4.30. The van der Waals surface area contributed by atoms with Gasteiger partial charge in [-0.3, -0.25) is 0 Å². The zero-order valence-corrected chi connectivity index (χ0v) is 9.50. The third-order valence-electron chi connectivity index (χ3n) is 2.89. The van der Waals surface area contributed by atoms with Crippen molar-refractivity contribution in [2.45, 2.75) is 19.8 Å². The second kappa shape index (κ2) is 5.25. The minimum Gasteiger partial charge on any atom is -0.477 e. The van der Waals surface area contributed by atoms with Gasteiger partial charge < -0.3 is 10.1 Å². The molecule has 0 radical (unpaired) electrons. The molecule has 1 aliphatic heterocycles. The topological polar surface area (TPSA) is 34.1 Å². The number of rotatable bonds is 3. The third-order valence-corrected chi connectivity index (χ3v) is 2.89. The van der Waals surface area contributed by atoms with Crippen molar-refractivity contribution in [2.75, 3.05) is 19.7 Å². The van der Waals surface area contributed by atoms with E-state index in [9.17, 15) is 4.39 Å². The first-order valence-electron chi connectivity index (χ1n) is 5.71. The van der Waals surface area contributed by atoms with Crippen LogP contribution >= 0.6 is 0 Å². The lowest BCUT2D eigenvalue weighted by Crippen LogP contribution is -2.33. The molecule has 1 saturated heterocycles. The van der Waals surface area contributed by atoms with Gasteiger partial charge in [0, 0.05) is 18.5 Å². The lowest BCUT2D eigenvalue weighted by Gasteiger charge is -2.22. The molecule has 1 aliphatic rings. The van der Waals surface area contributed by atoms with Crippen LogP contribution < -0.4 is 10.1 Å². The Bertz CT molecular complexity index is 351. The van der Waals surface area contributed by atoms with Gasteiger partial charge in [0.25, 0.3) is 0 Å². The molecule has 4 heteroatoms. The van der Waals surface area contributed by atoms with Gasteiger partial charge in [-0.05, 0) is 31.9 Å². The standard InChI is InChI=1S/C12H17FN2O/c1-9-5-12(15-7-11(9)13)16-8-10-3-2-4-14-6-10/h5,7,10,14H,2-4,6,8H2,1H3. The molecule has 1 fully saturated rings. The number of aromatic nitrogens is 1. The fourth-order valence-electron chi connectivity index (χ4n) is 1.86. The van der Waals surface area contributed by atoms with Crippen LogP contribution in [0.5, 0.6) is 5.88 Å². The van der Waals surface area contributed by atoms with E-state index in [2.05, 4.69) is 10.3 Å². The highest BCUT2D eigenvalue weighted by atomic mass is 19.1. The van der Waals surface area contributed by atoms with Gasteiger partial charge in [-0.25, -0.2) is 9.37 Å². The lowest BCUT2D eigenvalue weighted by atomic mass is 10.0. The van der Waals surface area contributed by atoms with Gasteiger partial charge in [0.05, 0.1) is 12.8 Å². The monoisotopic (exact) mass is 224 g/mol. The van der Waals surface area contributed by atoms with E-state index in [1.165, 1.54) is 19.0 Å². The largest absolute Gasteiger partial charge is 0.477 e. The van der Waals surface area contributed by atoms with Crippen LogP contribution in [-0.2, 0) is 0 Å². The summed E-state index contributed by atoms with van der Waals surface area (Å²) in [5.41, 5.74) is 0.576. The predicted octanol–water partition coefficient (Wildman–Crippen LogP) is 1.91. The van der Waals surface area contributed by atoms with E-state index in [1.54, 1.807) is 13.0 Å². The van der Waals surface area contributed by atoms with Crippen LogP contribution in [-0.4, -0.2) is 24.7 Å². The minimum absolute atomic E-state index is 0.285. The zero-order valence-electron chi connectivity index (χ0n) is 9.50. The summed E-state index contributed by atoms with van der Waals surface area (Å²) < 4.78 is 18.5. The van der Waals surface area contributed by atoms with Gasteiger partial charge in [0.15, 0.2) is 0 Å². The van der Waals surface area contributed by atoms with E-state index in [0.717, 1.165) is 13.1 Å². The van der Waals surface area contributed by atoms with Gasteiger partial charge in [-0.15, -0.1) is 0 Å². The van der Waals surface area contributed by atoms with Crippen molar-refractivity contribution in [3.8, 4) is 5.88 Å². The number of piperidine rings is 1. The van der Waals surface area contributed by atoms with E-state index < -0.39 is 0 Å². The zero-order chi connectivity index (χ0) is 11.4. The maximum absolute atomic E-state index is 13.0. The summed E-state index contributed by atoms with van der Waals surface area (Å²) in [6.07, 6.45) is 3.60. The summed E-state index contributed by atoms with van der Waals surface area (Å²) in [7, 11) is 0. The van der Waals surface area contributed by atoms with Gasteiger partial charge in [-0.2, -0.15) is 0 Å². The molecule has 88 valence electrons. The molecule has 16 heavy (non-hydrogen) atoms. The SMILES string of the molecule is Cc1cc(OCC2CCCNC2)ncc1F. The Kier molecular flexibility index (Phi) is 3.72. The van der Waals surface area contributed by atoms with E-state index in [-0.39, 0.29) is 5.82 Å². The Morgan fingerprint density at radius 2 is 2.50 bits per heavy atom.